The topological polar surface area (TPSA) is 49.4 Å². The van der Waals surface area contributed by atoms with Gasteiger partial charge in [0.15, 0.2) is 0 Å². The maximum Gasteiger partial charge on any atom is 2.00 e. The van der Waals surface area contributed by atoms with E-state index in [0.29, 0.717) is 5.33 Å². The van der Waals surface area contributed by atoms with E-state index in [1.165, 1.54) is 0 Å². The summed E-state index contributed by atoms with van der Waals surface area (Å²) >= 11 is 2.99. The normalized spacial score (nSPS) is 10.0. The zero-order valence-corrected chi connectivity index (χ0v) is 8.90. The van der Waals surface area contributed by atoms with Crippen LogP contribution < -0.4 is 4.89 Å². The molecule has 3 nitrogen and oxygen atoms in total. The van der Waals surface area contributed by atoms with Gasteiger partial charge < -0.3 is 4.89 Å². The van der Waals surface area contributed by atoms with Crippen LogP contribution in [0.1, 0.15) is 0 Å². The summed E-state index contributed by atoms with van der Waals surface area (Å²) in [5.74, 6) is 0. The van der Waals surface area contributed by atoms with E-state index in [1.54, 1.807) is 0 Å². The molecule has 0 saturated carbocycles. The van der Waals surface area contributed by atoms with Crippen molar-refractivity contribution in [1.29, 1.82) is 0 Å². The average Bonchev–Trinajstić information content (AvgIpc) is 1.61. The van der Waals surface area contributed by atoms with Crippen LogP contribution in [0.5, 0.6) is 0 Å². The second-order valence-electron chi connectivity index (χ2n) is 0.746. The monoisotopic (exact) mass is 276 g/mol. The van der Waals surface area contributed by atoms with Gasteiger partial charge in [-0.2, -0.15) is 0 Å². The van der Waals surface area contributed by atoms with Gasteiger partial charge in [-0.25, -0.2) is 0 Å². The predicted octanol–water partition coefficient (Wildman–Crippen LogP) is 0.413. The first kappa shape index (κ1) is 12.1. The molecule has 0 aromatic carbocycles. The van der Waals surface area contributed by atoms with Crippen LogP contribution in [-0.2, 0) is 35.3 Å². The van der Waals surface area contributed by atoms with Crippen molar-refractivity contribution in [3.63, 3.8) is 0 Å². The average molecular weight is 278 g/mol. The standard InChI is InChI=1S/C2H4BrO3P.Zr/c3-1-2-6-7(4)5;/h1-2H2;/q;+2. The Morgan fingerprint density at radius 1 is 1.75 bits per heavy atom. The fourth-order valence-electron chi connectivity index (χ4n) is 0.109. The minimum atomic E-state index is -2.64. The summed E-state index contributed by atoms with van der Waals surface area (Å²) in [6.07, 6.45) is 0. The summed E-state index contributed by atoms with van der Waals surface area (Å²) in [6, 6.07) is 0. The summed E-state index contributed by atoms with van der Waals surface area (Å²) in [4.78, 5) is 9.55. The van der Waals surface area contributed by atoms with Crippen molar-refractivity contribution in [2.24, 2.45) is 0 Å². The van der Waals surface area contributed by atoms with E-state index in [9.17, 15) is 9.46 Å². The fraction of sp³-hybridized carbons (Fsp3) is 1.00. The van der Waals surface area contributed by atoms with Crippen molar-refractivity contribution in [2.75, 3.05) is 11.9 Å². The third kappa shape index (κ3) is 10.4. The Kier molecular flexibility index (Phi) is 12.7. The molecule has 44 valence electrons. The van der Waals surface area contributed by atoms with Crippen LogP contribution in [0.25, 0.3) is 0 Å². The van der Waals surface area contributed by atoms with Gasteiger partial charge in [0.05, 0.1) is 0 Å². The van der Waals surface area contributed by atoms with E-state index in [-0.39, 0.29) is 32.8 Å². The van der Waals surface area contributed by atoms with Crippen LogP contribution in [0.3, 0.4) is 0 Å². The van der Waals surface area contributed by atoms with Gasteiger partial charge >= 0.3 is 34.5 Å². The number of alkyl halides is 1. The molecule has 8 heavy (non-hydrogen) atoms. The molecule has 0 radical (unpaired) electrons. The van der Waals surface area contributed by atoms with Crippen molar-refractivity contribution >= 4 is 24.2 Å². The molecular formula is C2H4BrO3PZr+2. The summed E-state index contributed by atoms with van der Waals surface area (Å²) < 4.78 is 13.6. The van der Waals surface area contributed by atoms with E-state index >= 15 is 0 Å². The maximum atomic E-state index is 9.55. The zero-order chi connectivity index (χ0) is 5.70. The summed E-state index contributed by atoms with van der Waals surface area (Å²) in [5, 5.41) is 0.552. The number of rotatable bonds is 3. The van der Waals surface area contributed by atoms with Gasteiger partial charge in [-0.05, 0) is 4.57 Å². The SMILES string of the molecule is O=[P+]([O-])OCCBr.[Zr+2]. The first-order valence-electron chi connectivity index (χ1n) is 1.60. The Hall–Kier alpha value is 1.38. The predicted molar refractivity (Wildman–Crippen MR) is 27.4 cm³/mol. The quantitative estimate of drug-likeness (QED) is 0.555. The summed E-state index contributed by atoms with van der Waals surface area (Å²) in [7, 11) is -2.64. The number of halogens is 1. The van der Waals surface area contributed by atoms with E-state index < -0.39 is 8.25 Å². The number of hydrogen-bond donors (Lipinski definition) is 0. The molecule has 0 aromatic heterocycles. The van der Waals surface area contributed by atoms with Crippen molar-refractivity contribution in [3.8, 4) is 0 Å². The van der Waals surface area contributed by atoms with E-state index in [4.69, 9.17) is 0 Å². The second kappa shape index (κ2) is 8.38. The molecular weight excluding hydrogens is 274 g/mol. The molecule has 0 saturated heterocycles. The van der Waals surface area contributed by atoms with Crippen LogP contribution in [0.4, 0.5) is 0 Å². The molecule has 0 spiro atoms. The second-order valence-corrected chi connectivity index (χ2v) is 2.24. The molecule has 0 aliphatic heterocycles. The van der Waals surface area contributed by atoms with Gasteiger partial charge in [0.1, 0.15) is 6.61 Å². The molecule has 0 heterocycles. The zero-order valence-electron chi connectivity index (χ0n) is 3.96. The molecule has 0 aromatic rings. The third-order valence-electron chi connectivity index (χ3n) is 0.274. The van der Waals surface area contributed by atoms with Crippen molar-refractivity contribution in [2.45, 2.75) is 0 Å². The minimum Gasteiger partial charge on any atom is -0.566 e. The molecule has 0 amide bonds. The molecule has 0 aliphatic carbocycles. The molecule has 0 fully saturated rings. The Morgan fingerprint density at radius 2 is 2.25 bits per heavy atom. The molecule has 6 heteroatoms. The summed E-state index contributed by atoms with van der Waals surface area (Å²) in [6.45, 7) is 0.221. The van der Waals surface area contributed by atoms with Crippen LogP contribution in [0, 0.1) is 0 Å². The van der Waals surface area contributed by atoms with E-state index in [0.717, 1.165) is 0 Å². The van der Waals surface area contributed by atoms with Gasteiger partial charge in [-0.1, -0.05) is 15.9 Å². The molecule has 0 bridgehead atoms. The van der Waals surface area contributed by atoms with E-state index in [1.807, 2.05) is 0 Å². The van der Waals surface area contributed by atoms with Gasteiger partial charge in [-0.15, -0.1) is 4.52 Å². The molecule has 0 rings (SSSR count). The minimum absolute atomic E-state index is 0. The van der Waals surface area contributed by atoms with Crippen molar-refractivity contribution in [1.82, 2.24) is 0 Å². The number of hydrogen-bond acceptors (Lipinski definition) is 3. The van der Waals surface area contributed by atoms with Crippen LogP contribution in [-0.4, -0.2) is 11.9 Å². The summed E-state index contributed by atoms with van der Waals surface area (Å²) in [5.41, 5.74) is 0. The molecule has 1 atom stereocenters. The first-order chi connectivity index (χ1) is 3.27. The Balaban J connectivity index is 0. The van der Waals surface area contributed by atoms with Gasteiger partial charge in [0.2, 0.25) is 0 Å². The van der Waals surface area contributed by atoms with Crippen molar-refractivity contribution in [3.05, 3.63) is 0 Å². The molecule has 1 unspecified atom stereocenters. The van der Waals surface area contributed by atoms with Crippen LogP contribution in [0.15, 0.2) is 0 Å². The Morgan fingerprint density at radius 3 is 2.38 bits per heavy atom. The first-order valence-corrected chi connectivity index (χ1v) is 3.82. The van der Waals surface area contributed by atoms with Gasteiger partial charge in [-0.3, -0.25) is 0 Å². The Labute approximate surface area is 76.0 Å². The van der Waals surface area contributed by atoms with Gasteiger partial charge in [0, 0.05) is 5.33 Å². The largest absolute Gasteiger partial charge is 2.00 e. The maximum absolute atomic E-state index is 9.55. The smallest absolute Gasteiger partial charge is 0.566 e. The van der Waals surface area contributed by atoms with E-state index in [2.05, 4.69) is 20.5 Å². The van der Waals surface area contributed by atoms with Crippen LogP contribution in [0.2, 0.25) is 0 Å². The third-order valence-corrected chi connectivity index (χ3v) is 0.991. The fourth-order valence-corrected chi connectivity index (χ4v) is 0.761. The molecule has 0 aliphatic rings. The van der Waals surface area contributed by atoms with Crippen LogP contribution >= 0.6 is 24.2 Å². The van der Waals surface area contributed by atoms with Gasteiger partial charge in [0.25, 0.3) is 0 Å². The van der Waals surface area contributed by atoms with Crippen molar-refractivity contribution < 1.29 is 40.2 Å². The molecule has 0 N–H and O–H groups in total. The Bertz CT molecular complexity index is 70.3.